The molecular weight excluding hydrogens is 187 g/mol. The molecule has 0 radical (unpaired) electrons. The Balaban J connectivity index is 4.64. The van der Waals surface area contributed by atoms with Crippen molar-refractivity contribution in [1.29, 1.82) is 0 Å². The lowest BCUT2D eigenvalue weighted by Gasteiger charge is -2.06. The standard InChI is InChI=1S/C7H10F3NO2/c1-3-13-7(12)4(8)5(11-2)6(9)10/h6,11H,3H2,1-2H3/b5-4+. The van der Waals surface area contributed by atoms with Gasteiger partial charge in [0.15, 0.2) is 0 Å². The minimum Gasteiger partial charge on any atom is -0.461 e. The lowest BCUT2D eigenvalue weighted by atomic mass is 10.4. The zero-order valence-electron chi connectivity index (χ0n) is 7.23. The van der Waals surface area contributed by atoms with Gasteiger partial charge >= 0.3 is 5.97 Å². The summed E-state index contributed by atoms with van der Waals surface area (Å²) in [5.41, 5.74) is -1.06. The number of esters is 1. The summed E-state index contributed by atoms with van der Waals surface area (Å²) in [6.07, 6.45) is -3.06. The maximum absolute atomic E-state index is 12.8. The molecule has 1 N–H and O–H groups in total. The van der Waals surface area contributed by atoms with Gasteiger partial charge in [-0.1, -0.05) is 0 Å². The Hall–Kier alpha value is -1.20. The molecule has 76 valence electrons. The molecule has 0 rings (SSSR count). The van der Waals surface area contributed by atoms with Crippen molar-refractivity contribution in [1.82, 2.24) is 5.32 Å². The Bertz CT molecular complexity index is 216. The third-order valence-corrected chi connectivity index (χ3v) is 1.18. The molecular formula is C7H10F3NO2. The van der Waals surface area contributed by atoms with Crippen LogP contribution in [0, 0.1) is 0 Å². The van der Waals surface area contributed by atoms with E-state index in [1.54, 1.807) is 0 Å². The monoisotopic (exact) mass is 197 g/mol. The van der Waals surface area contributed by atoms with E-state index in [1.807, 2.05) is 5.32 Å². The van der Waals surface area contributed by atoms with Gasteiger partial charge in [0.25, 0.3) is 6.43 Å². The van der Waals surface area contributed by atoms with E-state index in [1.165, 1.54) is 6.92 Å². The predicted octanol–water partition coefficient (Wildman–Crippen LogP) is 1.22. The number of hydrogen-bond donors (Lipinski definition) is 1. The van der Waals surface area contributed by atoms with Gasteiger partial charge in [0.1, 0.15) is 5.70 Å². The van der Waals surface area contributed by atoms with Crippen LogP contribution >= 0.6 is 0 Å². The average molecular weight is 197 g/mol. The van der Waals surface area contributed by atoms with Gasteiger partial charge in [0.2, 0.25) is 5.83 Å². The summed E-state index contributed by atoms with van der Waals surface area (Å²) in [7, 11) is 1.10. The first kappa shape index (κ1) is 11.8. The molecule has 0 aromatic heterocycles. The third kappa shape index (κ3) is 3.35. The molecule has 0 bridgehead atoms. The second kappa shape index (κ2) is 5.45. The van der Waals surface area contributed by atoms with Crippen LogP contribution in [0.15, 0.2) is 11.5 Å². The van der Waals surface area contributed by atoms with Gasteiger partial charge < -0.3 is 10.1 Å². The summed E-state index contributed by atoms with van der Waals surface area (Å²) in [6.45, 7) is 1.39. The number of carbonyl (C=O) groups is 1. The molecule has 6 heteroatoms. The molecule has 0 aromatic rings. The fourth-order valence-corrected chi connectivity index (χ4v) is 0.619. The van der Waals surface area contributed by atoms with Crippen molar-refractivity contribution >= 4 is 5.97 Å². The molecule has 0 amide bonds. The quantitative estimate of drug-likeness (QED) is 0.544. The smallest absolute Gasteiger partial charge is 0.369 e. The van der Waals surface area contributed by atoms with Crippen LogP contribution in [0.25, 0.3) is 0 Å². The highest BCUT2D eigenvalue weighted by Gasteiger charge is 2.22. The van der Waals surface area contributed by atoms with Crippen LogP contribution in [0.2, 0.25) is 0 Å². The number of carbonyl (C=O) groups excluding carboxylic acids is 1. The Morgan fingerprint density at radius 1 is 1.54 bits per heavy atom. The van der Waals surface area contributed by atoms with Crippen LogP contribution in [-0.2, 0) is 9.53 Å². The van der Waals surface area contributed by atoms with Crippen molar-refractivity contribution in [3.63, 3.8) is 0 Å². The lowest BCUT2D eigenvalue weighted by molar-refractivity contribution is -0.140. The van der Waals surface area contributed by atoms with E-state index in [4.69, 9.17) is 0 Å². The third-order valence-electron chi connectivity index (χ3n) is 1.18. The van der Waals surface area contributed by atoms with E-state index in [9.17, 15) is 18.0 Å². The molecule has 0 spiro atoms. The number of hydrogen-bond acceptors (Lipinski definition) is 3. The Morgan fingerprint density at radius 3 is 2.38 bits per heavy atom. The summed E-state index contributed by atoms with van der Waals surface area (Å²) in [5.74, 6) is -2.97. The maximum Gasteiger partial charge on any atom is 0.369 e. The predicted molar refractivity (Wildman–Crippen MR) is 39.8 cm³/mol. The molecule has 0 atom stereocenters. The summed E-state index contributed by atoms with van der Waals surface area (Å²) in [5, 5.41) is 1.89. The van der Waals surface area contributed by atoms with Crippen LogP contribution in [0.5, 0.6) is 0 Å². The molecule has 0 unspecified atom stereocenters. The van der Waals surface area contributed by atoms with Crippen molar-refractivity contribution in [3.05, 3.63) is 11.5 Å². The number of alkyl halides is 2. The molecule has 0 saturated heterocycles. The molecule has 0 saturated carbocycles. The first-order chi connectivity index (χ1) is 6.04. The van der Waals surface area contributed by atoms with Crippen molar-refractivity contribution in [2.75, 3.05) is 13.7 Å². The normalized spacial score (nSPS) is 12.5. The summed E-state index contributed by atoms with van der Waals surface area (Å²) >= 11 is 0. The van der Waals surface area contributed by atoms with Gasteiger partial charge in [-0.15, -0.1) is 0 Å². The van der Waals surface area contributed by atoms with E-state index >= 15 is 0 Å². The zero-order chi connectivity index (χ0) is 10.4. The van der Waals surface area contributed by atoms with E-state index in [-0.39, 0.29) is 6.61 Å². The van der Waals surface area contributed by atoms with Crippen LogP contribution in [-0.4, -0.2) is 26.0 Å². The molecule has 0 heterocycles. The van der Waals surface area contributed by atoms with Crippen molar-refractivity contribution in [3.8, 4) is 0 Å². The van der Waals surface area contributed by atoms with Gasteiger partial charge in [0, 0.05) is 7.05 Å². The first-order valence-electron chi connectivity index (χ1n) is 3.57. The SMILES string of the molecule is CCOC(=O)/C(F)=C(\NC)C(F)F. The minimum atomic E-state index is -3.06. The number of halogens is 3. The van der Waals surface area contributed by atoms with Gasteiger partial charge in [-0.25, -0.2) is 13.6 Å². The van der Waals surface area contributed by atoms with Crippen LogP contribution in [0.3, 0.4) is 0 Å². The molecule has 0 aromatic carbocycles. The molecule has 0 fully saturated rings. The Kier molecular flexibility index (Phi) is 4.94. The van der Waals surface area contributed by atoms with Gasteiger partial charge in [-0.05, 0) is 6.92 Å². The van der Waals surface area contributed by atoms with E-state index in [0.717, 1.165) is 7.05 Å². The lowest BCUT2D eigenvalue weighted by Crippen LogP contribution is -2.19. The van der Waals surface area contributed by atoms with E-state index in [0.29, 0.717) is 0 Å². The van der Waals surface area contributed by atoms with Crippen molar-refractivity contribution < 1.29 is 22.7 Å². The molecule has 0 aliphatic carbocycles. The number of ether oxygens (including phenoxy) is 1. The molecule has 0 aliphatic heterocycles. The van der Waals surface area contributed by atoms with Crippen LogP contribution in [0.1, 0.15) is 6.92 Å². The largest absolute Gasteiger partial charge is 0.461 e. The fraction of sp³-hybridized carbons (Fsp3) is 0.571. The van der Waals surface area contributed by atoms with E-state index < -0.39 is 23.9 Å². The molecule has 0 aliphatic rings. The summed E-state index contributed by atoms with van der Waals surface area (Å²) in [6, 6.07) is 0. The highest BCUT2D eigenvalue weighted by Crippen LogP contribution is 2.13. The Labute approximate surface area is 73.6 Å². The maximum atomic E-state index is 12.8. The number of rotatable bonds is 4. The first-order valence-corrected chi connectivity index (χ1v) is 3.57. The molecule has 13 heavy (non-hydrogen) atoms. The van der Waals surface area contributed by atoms with Crippen LogP contribution < -0.4 is 5.32 Å². The van der Waals surface area contributed by atoms with Crippen molar-refractivity contribution in [2.24, 2.45) is 0 Å². The summed E-state index contributed by atoms with van der Waals surface area (Å²) < 4.78 is 40.9. The second-order valence-electron chi connectivity index (χ2n) is 2.00. The van der Waals surface area contributed by atoms with Gasteiger partial charge in [-0.3, -0.25) is 0 Å². The highest BCUT2D eigenvalue weighted by atomic mass is 19.3. The van der Waals surface area contributed by atoms with Crippen molar-refractivity contribution in [2.45, 2.75) is 13.3 Å². The van der Waals surface area contributed by atoms with Crippen LogP contribution in [0.4, 0.5) is 13.2 Å². The van der Waals surface area contributed by atoms with Gasteiger partial charge in [0.05, 0.1) is 6.61 Å². The zero-order valence-corrected chi connectivity index (χ0v) is 7.23. The summed E-state index contributed by atoms with van der Waals surface area (Å²) in [4.78, 5) is 10.6. The van der Waals surface area contributed by atoms with Gasteiger partial charge in [-0.2, -0.15) is 4.39 Å². The second-order valence-corrected chi connectivity index (χ2v) is 2.00. The fourth-order valence-electron chi connectivity index (χ4n) is 0.619. The number of nitrogens with one attached hydrogen (secondary N) is 1. The topological polar surface area (TPSA) is 38.3 Å². The minimum absolute atomic E-state index is 0.0630. The molecule has 3 nitrogen and oxygen atoms in total. The van der Waals surface area contributed by atoms with E-state index in [2.05, 4.69) is 4.74 Å². The highest BCUT2D eigenvalue weighted by molar-refractivity contribution is 5.86. The average Bonchev–Trinajstić information content (AvgIpc) is 2.05. The Morgan fingerprint density at radius 2 is 2.08 bits per heavy atom. The number of allylic oxidation sites excluding steroid dienone is 1.